The Morgan fingerprint density at radius 2 is 1.79 bits per heavy atom. The van der Waals surface area contributed by atoms with Crippen LogP contribution in [-0.4, -0.2) is 12.1 Å². The Kier molecular flexibility index (Phi) is 5.83. The SMILES string of the molecule is CCC(C)C(C)NC(=O)Nc1ccc(C(C)N)cc1. The molecule has 2 amide bonds. The molecule has 0 spiro atoms. The molecule has 0 fully saturated rings. The zero-order valence-electron chi connectivity index (χ0n) is 12.2. The Morgan fingerprint density at radius 1 is 1.21 bits per heavy atom. The number of nitrogens with one attached hydrogen (secondary N) is 2. The van der Waals surface area contributed by atoms with Crippen molar-refractivity contribution in [2.24, 2.45) is 11.7 Å². The normalized spacial score (nSPS) is 15.4. The average molecular weight is 263 g/mol. The number of hydrogen-bond donors (Lipinski definition) is 3. The van der Waals surface area contributed by atoms with E-state index < -0.39 is 0 Å². The minimum Gasteiger partial charge on any atom is -0.335 e. The Hall–Kier alpha value is -1.55. The summed E-state index contributed by atoms with van der Waals surface area (Å²) >= 11 is 0. The molecule has 0 bridgehead atoms. The van der Waals surface area contributed by atoms with Gasteiger partial charge in [0, 0.05) is 17.8 Å². The number of benzene rings is 1. The monoisotopic (exact) mass is 263 g/mol. The summed E-state index contributed by atoms with van der Waals surface area (Å²) in [7, 11) is 0. The summed E-state index contributed by atoms with van der Waals surface area (Å²) in [5, 5.41) is 5.77. The third-order valence-corrected chi connectivity index (χ3v) is 3.55. The molecule has 106 valence electrons. The highest BCUT2D eigenvalue weighted by Crippen LogP contribution is 2.14. The van der Waals surface area contributed by atoms with Gasteiger partial charge in [0.15, 0.2) is 0 Å². The second-order valence-electron chi connectivity index (χ2n) is 5.18. The summed E-state index contributed by atoms with van der Waals surface area (Å²) in [5.74, 6) is 0.464. The highest BCUT2D eigenvalue weighted by molar-refractivity contribution is 5.89. The fraction of sp³-hybridized carbons (Fsp3) is 0.533. The third kappa shape index (κ3) is 4.91. The van der Waals surface area contributed by atoms with Gasteiger partial charge in [-0.15, -0.1) is 0 Å². The standard InChI is InChI=1S/C15H25N3O/c1-5-10(2)12(4)17-15(19)18-14-8-6-13(7-9-14)11(3)16/h6-12H,5,16H2,1-4H3,(H2,17,18,19). The Bertz CT molecular complexity index is 400. The summed E-state index contributed by atoms with van der Waals surface area (Å²) in [5.41, 5.74) is 7.61. The fourth-order valence-electron chi connectivity index (χ4n) is 1.74. The fourth-order valence-corrected chi connectivity index (χ4v) is 1.74. The van der Waals surface area contributed by atoms with Gasteiger partial charge in [-0.25, -0.2) is 4.79 Å². The lowest BCUT2D eigenvalue weighted by molar-refractivity contribution is 0.244. The van der Waals surface area contributed by atoms with Crippen LogP contribution in [0.1, 0.15) is 45.7 Å². The molecule has 0 saturated carbocycles. The maximum atomic E-state index is 11.8. The molecule has 3 atom stereocenters. The molecule has 0 heterocycles. The van der Waals surface area contributed by atoms with E-state index in [-0.39, 0.29) is 18.1 Å². The van der Waals surface area contributed by atoms with Gasteiger partial charge in [0.2, 0.25) is 0 Å². The highest BCUT2D eigenvalue weighted by Gasteiger charge is 2.12. The number of urea groups is 1. The van der Waals surface area contributed by atoms with Crippen molar-refractivity contribution < 1.29 is 4.79 Å². The van der Waals surface area contributed by atoms with Crippen LogP contribution in [0.4, 0.5) is 10.5 Å². The van der Waals surface area contributed by atoms with E-state index in [1.54, 1.807) is 0 Å². The van der Waals surface area contributed by atoms with E-state index in [4.69, 9.17) is 5.73 Å². The van der Waals surface area contributed by atoms with Crippen molar-refractivity contribution in [3.63, 3.8) is 0 Å². The molecular formula is C15H25N3O. The van der Waals surface area contributed by atoms with Gasteiger partial charge in [0.05, 0.1) is 0 Å². The van der Waals surface area contributed by atoms with Gasteiger partial charge in [-0.2, -0.15) is 0 Å². The van der Waals surface area contributed by atoms with E-state index in [1.165, 1.54) is 0 Å². The zero-order valence-corrected chi connectivity index (χ0v) is 12.2. The molecule has 19 heavy (non-hydrogen) atoms. The number of carbonyl (C=O) groups is 1. The number of amides is 2. The first-order valence-electron chi connectivity index (χ1n) is 6.87. The van der Waals surface area contributed by atoms with Crippen LogP contribution in [0.5, 0.6) is 0 Å². The van der Waals surface area contributed by atoms with Crippen molar-refractivity contribution in [1.82, 2.24) is 5.32 Å². The predicted octanol–water partition coefficient (Wildman–Crippen LogP) is 3.26. The van der Waals surface area contributed by atoms with Crippen LogP contribution >= 0.6 is 0 Å². The summed E-state index contributed by atoms with van der Waals surface area (Å²) in [4.78, 5) is 11.8. The van der Waals surface area contributed by atoms with Gasteiger partial charge >= 0.3 is 6.03 Å². The lowest BCUT2D eigenvalue weighted by atomic mass is 10.0. The molecule has 0 aromatic heterocycles. The second-order valence-corrected chi connectivity index (χ2v) is 5.18. The lowest BCUT2D eigenvalue weighted by Crippen LogP contribution is -2.39. The van der Waals surface area contributed by atoms with Crippen LogP contribution in [0.3, 0.4) is 0 Å². The first-order valence-corrected chi connectivity index (χ1v) is 6.87. The van der Waals surface area contributed by atoms with Gasteiger partial charge in [-0.1, -0.05) is 32.4 Å². The first-order chi connectivity index (χ1) is 8.93. The molecule has 0 radical (unpaired) electrons. The Labute approximate surface area is 115 Å². The van der Waals surface area contributed by atoms with Crippen LogP contribution in [0, 0.1) is 5.92 Å². The van der Waals surface area contributed by atoms with Crippen molar-refractivity contribution in [2.75, 3.05) is 5.32 Å². The largest absolute Gasteiger partial charge is 0.335 e. The molecular weight excluding hydrogens is 238 g/mol. The van der Waals surface area contributed by atoms with Crippen molar-refractivity contribution in [3.8, 4) is 0 Å². The summed E-state index contributed by atoms with van der Waals surface area (Å²) < 4.78 is 0. The van der Waals surface area contributed by atoms with Crippen LogP contribution in [0.15, 0.2) is 24.3 Å². The van der Waals surface area contributed by atoms with Gasteiger partial charge in [-0.3, -0.25) is 0 Å². The molecule has 0 saturated heterocycles. The van der Waals surface area contributed by atoms with E-state index in [9.17, 15) is 4.79 Å². The Morgan fingerprint density at radius 3 is 2.26 bits per heavy atom. The summed E-state index contributed by atoms with van der Waals surface area (Å²) in [6, 6.07) is 7.60. The van der Waals surface area contributed by atoms with E-state index in [1.807, 2.05) is 38.1 Å². The van der Waals surface area contributed by atoms with Crippen LogP contribution in [-0.2, 0) is 0 Å². The maximum absolute atomic E-state index is 11.8. The van der Waals surface area contributed by atoms with Crippen LogP contribution in [0.25, 0.3) is 0 Å². The Balaban J connectivity index is 2.52. The molecule has 1 aromatic rings. The van der Waals surface area contributed by atoms with Gasteiger partial charge in [-0.05, 0) is 37.5 Å². The first kappa shape index (κ1) is 15.5. The molecule has 4 nitrogen and oxygen atoms in total. The zero-order chi connectivity index (χ0) is 14.4. The molecule has 0 aliphatic carbocycles. The lowest BCUT2D eigenvalue weighted by Gasteiger charge is -2.20. The molecule has 1 aromatic carbocycles. The van der Waals surface area contributed by atoms with E-state index >= 15 is 0 Å². The number of carbonyl (C=O) groups excluding carboxylic acids is 1. The average Bonchev–Trinajstić information content (AvgIpc) is 2.38. The molecule has 0 aliphatic rings. The van der Waals surface area contributed by atoms with Crippen molar-refractivity contribution >= 4 is 11.7 Å². The number of hydrogen-bond acceptors (Lipinski definition) is 2. The van der Waals surface area contributed by atoms with Gasteiger partial charge in [0.25, 0.3) is 0 Å². The van der Waals surface area contributed by atoms with E-state index in [0.717, 1.165) is 17.7 Å². The molecule has 1 rings (SSSR count). The quantitative estimate of drug-likeness (QED) is 0.763. The summed E-state index contributed by atoms with van der Waals surface area (Å²) in [6.07, 6.45) is 1.05. The molecule has 0 aliphatic heterocycles. The number of rotatable bonds is 5. The number of nitrogens with two attached hydrogens (primary N) is 1. The van der Waals surface area contributed by atoms with Crippen LogP contribution in [0.2, 0.25) is 0 Å². The maximum Gasteiger partial charge on any atom is 0.319 e. The minimum atomic E-state index is -0.165. The highest BCUT2D eigenvalue weighted by atomic mass is 16.2. The topological polar surface area (TPSA) is 67.2 Å². The molecule has 4 N–H and O–H groups in total. The number of anilines is 1. The smallest absolute Gasteiger partial charge is 0.319 e. The van der Waals surface area contributed by atoms with Gasteiger partial charge < -0.3 is 16.4 Å². The molecule has 4 heteroatoms. The summed E-state index contributed by atoms with van der Waals surface area (Å²) in [6.45, 7) is 8.20. The van der Waals surface area contributed by atoms with Crippen molar-refractivity contribution in [1.29, 1.82) is 0 Å². The molecule has 3 unspecified atom stereocenters. The van der Waals surface area contributed by atoms with E-state index in [0.29, 0.717) is 5.92 Å². The predicted molar refractivity (Wildman–Crippen MR) is 80.1 cm³/mol. The van der Waals surface area contributed by atoms with Crippen molar-refractivity contribution in [3.05, 3.63) is 29.8 Å². The van der Waals surface area contributed by atoms with Crippen LogP contribution < -0.4 is 16.4 Å². The third-order valence-electron chi connectivity index (χ3n) is 3.55. The van der Waals surface area contributed by atoms with E-state index in [2.05, 4.69) is 24.5 Å². The van der Waals surface area contributed by atoms with Gasteiger partial charge in [0.1, 0.15) is 0 Å². The minimum absolute atomic E-state index is 0.00769. The van der Waals surface area contributed by atoms with Crippen molar-refractivity contribution in [2.45, 2.75) is 46.2 Å². The second kappa shape index (κ2) is 7.14.